The molecular weight excluding hydrogens is 378 g/mol. The summed E-state index contributed by atoms with van der Waals surface area (Å²) >= 11 is 1.40. The smallest absolute Gasteiger partial charge is 0.195 e. The SMILES string of the molecule is CCOc1ccc(OC[C@@H](O)CSc2nncn2-c2ccccc2OC)cc1. The average Bonchev–Trinajstić information content (AvgIpc) is 3.20. The van der Waals surface area contributed by atoms with E-state index in [1.54, 1.807) is 13.4 Å². The van der Waals surface area contributed by atoms with Crippen LogP contribution in [0.1, 0.15) is 6.92 Å². The Morgan fingerprint density at radius 2 is 1.79 bits per heavy atom. The summed E-state index contributed by atoms with van der Waals surface area (Å²) in [5.74, 6) is 2.63. The number of aromatic nitrogens is 3. The van der Waals surface area contributed by atoms with Crippen molar-refractivity contribution in [1.82, 2.24) is 14.8 Å². The third kappa shape index (κ3) is 5.17. The van der Waals surface area contributed by atoms with E-state index in [1.165, 1.54) is 11.8 Å². The fourth-order valence-corrected chi connectivity index (χ4v) is 3.35. The van der Waals surface area contributed by atoms with E-state index in [0.717, 1.165) is 17.2 Å². The molecule has 1 heterocycles. The highest BCUT2D eigenvalue weighted by molar-refractivity contribution is 7.99. The summed E-state index contributed by atoms with van der Waals surface area (Å²) in [5.41, 5.74) is 0.845. The van der Waals surface area contributed by atoms with Crippen molar-refractivity contribution in [3.8, 4) is 22.9 Å². The van der Waals surface area contributed by atoms with Crippen LogP contribution in [0.5, 0.6) is 17.2 Å². The first-order chi connectivity index (χ1) is 13.7. The van der Waals surface area contributed by atoms with Crippen molar-refractivity contribution < 1.29 is 19.3 Å². The van der Waals surface area contributed by atoms with E-state index >= 15 is 0 Å². The minimum atomic E-state index is -0.653. The van der Waals surface area contributed by atoms with E-state index < -0.39 is 6.10 Å². The summed E-state index contributed by atoms with van der Waals surface area (Å²) in [4.78, 5) is 0. The maximum atomic E-state index is 10.3. The largest absolute Gasteiger partial charge is 0.495 e. The first-order valence-electron chi connectivity index (χ1n) is 8.91. The van der Waals surface area contributed by atoms with Gasteiger partial charge in [-0.25, -0.2) is 0 Å². The van der Waals surface area contributed by atoms with Gasteiger partial charge >= 0.3 is 0 Å². The minimum Gasteiger partial charge on any atom is -0.495 e. The second-order valence-electron chi connectivity index (χ2n) is 5.84. The highest BCUT2D eigenvalue weighted by atomic mass is 32.2. The Morgan fingerprint density at radius 3 is 2.50 bits per heavy atom. The topological polar surface area (TPSA) is 78.6 Å². The van der Waals surface area contributed by atoms with Crippen LogP contribution in [-0.4, -0.2) is 52.1 Å². The van der Waals surface area contributed by atoms with Gasteiger partial charge in [0.05, 0.1) is 25.5 Å². The molecule has 0 radical (unpaired) electrons. The summed E-state index contributed by atoms with van der Waals surface area (Å²) in [7, 11) is 1.62. The van der Waals surface area contributed by atoms with Gasteiger partial charge in [0.15, 0.2) is 5.16 Å². The van der Waals surface area contributed by atoms with E-state index in [2.05, 4.69) is 10.2 Å². The monoisotopic (exact) mass is 401 g/mol. The number of hydrogen-bond acceptors (Lipinski definition) is 7. The van der Waals surface area contributed by atoms with Gasteiger partial charge < -0.3 is 19.3 Å². The van der Waals surface area contributed by atoms with Gasteiger partial charge in [-0.05, 0) is 43.3 Å². The van der Waals surface area contributed by atoms with Crippen LogP contribution in [0.4, 0.5) is 0 Å². The van der Waals surface area contributed by atoms with E-state index in [0.29, 0.717) is 23.3 Å². The van der Waals surface area contributed by atoms with Crippen LogP contribution < -0.4 is 14.2 Å². The summed E-state index contributed by atoms with van der Waals surface area (Å²) < 4.78 is 18.3. The Balaban J connectivity index is 1.54. The summed E-state index contributed by atoms with van der Waals surface area (Å²) in [6.07, 6.45) is 0.975. The zero-order valence-corrected chi connectivity index (χ0v) is 16.6. The molecule has 2 aromatic carbocycles. The predicted molar refractivity (Wildman–Crippen MR) is 108 cm³/mol. The lowest BCUT2D eigenvalue weighted by Gasteiger charge is -2.13. The number of aliphatic hydroxyl groups is 1. The molecule has 0 aliphatic carbocycles. The van der Waals surface area contributed by atoms with Gasteiger partial charge in [0.25, 0.3) is 0 Å². The molecule has 1 aromatic heterocycles. The lowest BCUT2D eigenvalue weighted by molar-refractivity contribution is 0.126. The third-order valence-corrected chi connectivity index (χ3v) is 4.93. The van der Waals surface area contributed by atoms with Crippen molar-refractivity contribution in [3.05, 3.63) is 54.9 Å². The molecule has 0 fully saturated rings. The fraction of sp³-hybridized carbons (Fsp3) is 0.300. The standard InChI is InChI=1S/C20H23N3O4S/c1-3-26-16-8-10-17(11-9-16)27-12-15(24)13-28-20-22-21-14-23(20)18-6-4-5-7-19(18)25-2/h4-11,14-15,24H,3,12-13H2,1-2H3/t15-/m1/s1. The summed E-state index contributed by atoms with van der Waals surface area (Å²) in [6.45, 7) is 2.74. The van der Waals surface area contributed by atoms with Crippen molar-refractivity contribution in [2.75, 3.05) is 26.1 Å². The molecule has 8 heteroatoms. The number of para-hydroxylation sites is 2. The predicted octanol–water partition coefficient (Wildman–Crippen LogP) is 3.21. The highest BCUT2D eigenvalue weighted by Crippen LogP contribution is 2.27. The molecule has 1 atom stereocenters. The van der Waals surface area contributed by atoms with Gasteiger partial charge in [-0.1, -0.05) is 23.9 Å². The average molecular weight is 401 g/mol. The first kappa shape index (κ1) is 20.0. The van der Waals surface area contributed by atoms with E-state index in [9.17, 15) is 5.11 Å². The van der Waals surface area contributed by atoms with Gasteiger partial charge in [-0.15, -0.1) is 10.2 Å². The molecule has 0 spiro atoms. The number of aliphatic hydroxyl groups excluding tert-OH is 1. The number of nitrogens with zero attached hydrogens (tertiary/aromatic N) is 3. The molecule has 3 aromatic rings. The van der Waals surface area contributed by atoms with Crippen LogP contribution in [0.25, 0.3) is 5.69 Å². The van der Waals surface area contributed by atoms with Gasteiger partial charge in [0.2, 0.25) is 0 Å². The van der Waals surface area contributed by atoms with Gasteiger partial charge in [0.1, 0.15) is 30.2 Å². The quantitative estimate of drug-likeness (QED) is 0.523. The number of thioether (sulfide) groups is 1. The number of rotatable bonds is 10. The summed E-state index contributed by atoms with van der Waals surface area (Å²) in [6, 6.07) is 15.0. The molecule has 0 bridgehead atoms. The lowest BCUT2D eigenvalue weighted by atomic mass is 10.3. The Hall–Kier alpha value is -2.71. The maximum absolute atomic E-state index is 10.3. The van der Waals surface area contributed by atoms with Crippen LogP contribution in [0.15, 0.2) is 60.0 Å². The molecule has 0 amide bonds. The zero-order chi connectivity index (χ0) is 19.8. The Kier molecular flexibility index (Phi) is 7.16. The second kappa shape index (κ2) is 10.0. The zero-order valence-electron chi connectivity index (χ0n) is 15.8. The van der Waals surface area contributed by atoms with Crippen LogP contribution >= 0.6 is 11.8 Å². The van der Waals surface area contributed by atoms with Gasteiger partial charge in [-0.2, -0.15) is 0 Å². The molecule has 1 N–H and O–H groups in total. The van der Waals surface area contributed by atoms with Gasteiger partial charge in [-0.3, -0.25) is 4.57 Å². The van der Waals surface area contributed by atoms with Crippen LogP contribution in [0, 0.1) is 0 Å². The Labute approximate surface area is 168 Å². The molecule has 28 heavy (non-hydrogen) atoms. The molecular formula is C20H23N3O4S. The first-order valence-corrected chi connectivity index (χ1v) is 9.89. The fourth-order valence-electron chi connectivity index (χ4n) is 2.53. The number of hydrogen-bond donors (Lipinski definition) is 1. The van der Waals surface area contributed by atoms with Crippen molar-refractivity contribution in [3.63, 3.8) is 0 Å². The van der Waals surface area contributed by atoms with Crippen molar-refractivity contribution >= 4 is 11.8 Å². The number of benzene rings is 2. The number of ether oxygens (including phenoxy) is 3. The van der Waals surface area contributed by atoms with Crippen LogP contribution in [0.2, 0.25) is 0 Å². The molecule has 7 nitrogen and oxygen atoms in total. The minimum absolute atomic E-state index is 0.184. The van der Waals surface area contributed by atoms with Crippen LogP contribution in [-0.2, 0) is 0 Å². The third-order valence-electron chi connectivity index (χ3n) is 3.84. The van der Waals surface area contributed by atoms with E-state index in [4.69, 9.17) is 14.2 Å². The molecule has 0 unspecified atom stereocenters. The van der Waals surface area contributed by atoms with Crippen molar-refractivity contribution in [2.45, 2.75) is 18.2 Å². The van der Waals surface area contributed by atoms with Gasteiger partial charge in [0, 0.05) is 5.75 Å². The van der Waals surface area contributed by atoms with Crippen molar-refractivity contribution in [1.29, 1.82) is 0 Å². The van der Waals surface area contributed by atoms with Crippen LogP contribution in [0.3, 0.4) is 0 Å². The molecule has 0 aliphatic heterocycles. The molecule has 0 aliphatic rings. The van der Waals surface area contributed by atoms with E-state index in [-0.39, 0.29) is 6.61 Å². The highest BCUT2D eigenvalue weighted by Gasteiger charge is 2.14. The molecule has 148 valence electrons. The Bertz CT molecular complexity index is 870. The Morgan fingerprint density at radius 1 is 1.07 bits per heavy atom. The second-order valence-corrected chi connectivity index (χ2v) is 6.82. The molecule has 0 saturated carbocycles. The lowest BCUT2D eigenvalue weighted by Crippen LogP contribution is -2.20. The molecule has 0 saturated heterocycles. The van der Waals surface area contributed by atoms with Crippen molar-refractivity contribution in [2.24, 2.45) is 0 Å². The number of methoxy groups -OCH3 is 1. The van der Waals surface area contributed by atoms with E-state index in [1.807, 2.05) is 60.0 Å². The normalized spacial score (nSPS) is 11.8. The summed E-state index contributed by atoms with van der Waals surface area (Å²) in [5, 5.41) is 19.0. The molecule has 3 rings (SSSR count). The maximum Gasteiger partial charge on any atom is 0.195 e.